The maximum Gasteiger partial charge on any atom is 0.226 e. The Kier molecular flexibility index (Phi) is 10.1. The minimum Gasteiger partial charge on any atom is -0.208 e. The Hall–Kier alpha value is -6.51. The van der Waals surface area contributed by atoms with Gasteiger partial charge in [-0.2, -0.15) is 9.97 Å². The first-order valence-corrected chi connectivity index (χ1v) is 23.5. The molecule has 0 saturated heterocycles. The van der Waals surface area contributed by atoms with E-state index in [1.807, 2.05) is 0 Å². The van der Waals surface area contributed by atoms with Crippen LogP contribution in [0.15, 0.2) is 231 Å². The Morgan fingerprint density at radius 2 is 0.509 bits per heavy atom. The summed E-state index contributed by atoms with van der Waals surface area (Å²) in [5.74, 6) is 1.07. The van der Waals surface area contributed by atoms with Crippen LogP contribution in [-0.2, 0) is 0 Å². The van der Waals surface area contributed by atoms with E-state index >= 15 is 0 Å². The van der Waals surface area contributed by atoms with Crippen molar-refractivity contribution in [3.63, 3.8) is 0 Å². The molecule has 57 heavy (non-hydrogen) atoms. The van der Waals surface area contributed by atoms with Crippen LogP contribution in [0.5, 0.6) is 0 Å². The molecule has 0 amide bonds. The number of hydrogen-bond donors (Lipinski definition) is 0. The summed E-state index contributed by atoms with van der Waals surface area (Å²) in [5, 5.41) is 10.4. The number of rotatable bonds is 10. The van der Waals surface area contributed by atoms with Gasteiger partial charge in [0, 0.05) is 11.1 Å². The van der Waals surface area contributed by atoms with E-state index in [0.29, 0.717) is 11.6 Å². The van der Waals surface area contributed by atoms with Crippen molar-refractivity contribution in [2.75, 3.05) is 0 Å². The number of halogens is 1. The SMILES string of the molecule is Clc1nc(-c2cccc([Si](c3ccccc3)(c3ccccc3)c3ccccc3)c2)nc(-c2cccc([Si](c3ccccc3)(c3ccccc3)c3ccccc3)c2)n1. The van der Waals surface area contributed by atoms with Gasteiger partial charge in [0.05, 0.1) is 0 Å². The fraction of sp³-hybridized carbons (Fsp3) is 0. The first-order chi connectivity index (χ1) is 28.2. The average Bonchev–Trinajstić information content (AvgIpc) is 3.29. The highest BCUT2D eigenvalue weighted by Crippen LogP contribution is 2.23. The number of benzene rings is 8. The molecular weight excluding hydrogens is 746 g/mol. The average molecular weight is 785 g/mol. The van der Waals surface area contributed by atoms with Gasteiger partial charge in [-0.1, -0.05) is 231 Å². The van der Waals surface area contributed by atoms with Crippen molar-refractivity contribution in [2.45, 2.75) is 0 Å². The normalized spacial score (nSPS) is 11.6. The molecule has 0 aliphatic rings. The van der Waals surface area contributed by atoms with Gasteiger partial charge in [-0.05, 0) is 53.1 Å². The third kappa shape index (κ3) is 6.66. The van der Waals surface area contributed by atoms with E-state index in [4.69, 9.17) is 26.6 Å². The lowest BCUT2D eigenvalue weighted by Crippen LogP contribution is -2.74. The highest BCUT2D eigenvalue weighted by Gasteiger charge is 2.43. The maximum absolute atomic E-state index is 6.84. The van der Waals surface area contributed by atoms with Crippen molar-refractivity contribution < 1.29 is 0 Å². The van der Waals surface area contributed by atoms with E-state index in [0.717, 1.165) is 11.1 Å². The molecule has 0 saturated carbocycles. The number of hydrogen-bond acceptors (Lipinski definition) is 3. The summed E-state index contributed by atoms with van der Waals surface area (Å²) in [6.07, 6.45) is 0. The monoisotopic (exact) mass is 783 g/mol. The first kappa shape index (κ1) is 36.2. The predicted octanol–water partition coefficient (Wildman–Crippen LogP) is 6.61. The van der Waals surface area contributed by atoms with Crippen LogP contribution < -0.4 is 41.5 Å². The lowest BCUT2D eigenvalue weighted by atomic mass is 10.2. The van der Waals surface area contributed by atoms with Gasteiger partial charge in [-0.25, -0.2) is 4.98 Å². The molecule has 9 rings (SSSR count). The van der Waals surface area contributed by atoms with E-state index in [-0.39, 0.29) is 5.28 Å². The second kappa shape index (κ2) is 15.9. The van der Waals surface area contributed by atoms with Crippen molar-refractivity contribution in [2.24, 2.45) is 0 Å². The van der Waals surface area contributed by atoms with Crippen molar-refractivity contribution in [1.29, 1.82) is 0 Å². The van der Waals surface area contributed by atoms with Gasteiger partial charge >= 0.3 is 0 Å². The van der Waals surface area contributed by atoms with Crippen LogP contribution in [0.1, 0.15) is 0 Å². The van der Waals surface area contributed by atoms with E-state index in [2.05, 4.69) is 231 Å². The molecule has 0 radical (unpaired) electrons. The zero-order valence-corrected chi connectivity index (χ0v) is 33.9. The molecule has 0 spiro atoms. The van der Waals surface area contributed by atoms with Gasteiger partial charge in [0.1, 0.15) is 0 Å². The van der Waals surface area contributed by atoms with Gasteiger partial charge in [-0.15, -0.1) is 0 Å². The lowest BCUT2D eigenvalue weighted by molar-refractivity contribution is 1.07. The summed E-state index contributed by atoms with van der Waals surface area (Å²) >= 11 is 6.84. The summed E-state index contributed by atoms with van der Waals surface area (Å²) in [7, 11) is -5.56. The summed E-state index contributed by atoms with van der Waals surface area (Å²) in [6, 6.07) is 83.0. The summed E-state index contributed by atoms with van der Waals surface area (Å²) < 4.78 is 0. The minimum atomic E-state index is -2.78. The largest absolute Gasteiger partial charge is 0.226 e. The second-order valence-corrected chi connectivity index (χ2v) is 22.1. The van der Waals surface area contributed by atoms with Crippen LogP contribution in [0.3, 0.4) is 0 Å². The molecule has 272 valence electrons. The Morgan fingerprint density at radius 1 is 0.263 bits per heavy atom. The van der Waals surface area contributed by atoms with Crippen LogP contribution in [-0.4, -0.2) is 31.1 Å². The molecule has 0 bridgehead atoms. The Balaban J connectivity index is 1.22. The number of nitrogens with zero attached hydrogens (tertiary/aromatic N) is 3. The van der Waals surface area contributed by atoms with Gasteiger partial charge in [0.25, 0.3) is 0 Å². The molecular formula is C51H38ClN3Si2. The molecule has 1 heterocycles. The third-order valence-electron chi connectivity index (χ3n) is 11.0. The van der Waals surface area contributed by atoms with Gasteiger partial charge in [-0.3, -0.25) is 0 Å². The van der Waals surface area contributed by atoms with E-state index in [1.54, 1.807) is 0 Å². The molecule has 0 aliphatic carbocycles. The Labute approximate surface area is 341 Å². The fourth-order valence-electron chi connectivity index (χ4n) is 8.52. The van der Waals surface area contributed by atoms with E-state index in [9.17, 15) is 0 Å². The van der Waals surface area contributed by atoms with Crippen molar-refractivity contribution in [3.05, 3.63) is 236 Å². The molecule has 1 aromatic heterocycles. The Bertz CT molecular complexity index is 2360. The summed E-state index contributed by atoms with van der Waals surface area (Å²) in [4.78, 5) is 14.7. The highest BCUT2D eigenvalue weighted by atomic mass is 35.5. The summed E-state index contributed by atoms with van der Waals surface area (Å²) in [5.41, 5.74) is 1.77. The fourth-order valence-corrected chi connectivity index (χ4v) is 18.3. The molecule has 0 aliphatic heterocycles. The predicted molar refractivity (Wildman–Crippen MR) is 243 cm³/mol. The molecule has 3 nitrogen and oxygen atoms in total. The second-order valence-electron chi connectivity index (χ2n) is 14.1. The lowest BCUT2D eigenvalue weighted by Gasteiger charge is -2.34. The van der Waals surface area contributed by atoms with Crippen molar-refractivity contribution >= 4 is 69.2 Å². The number of aromatic nitrogens is 3. The molecule has 0 N–H and O–H groups in total. The van der Waals surface area contributed by atoms with E-state index < -0.39 is 16.1 Å². The highest BCUT2D eigenvalue weighted by molar-refractivity contribution is 7.20. The van der Waals surface area contributed by atoms with Crippen LogP contribution in [0.4, 0.5) is 0 Å². The van der Waals surface area contributed by atoms with Crippen molar-refractivity contribution in [1.82, 2.24) is 15.0 Å². The van der Waals surface area contributed by atoms with E-state index in [1.165, 1.54) is 41.5 Å². The molecule has 6 heteroatoms. The summed E-state index contributed by atoms with van der Waals surface area (Å²) in [6.45, 7) is 0. The molecule has 9 aromatic rings. The minimum absolute atomic E-state index is 0.154. The quantitative estimate of drug-likeness (QED) is 0.116. The zero-order valence-electron chi connectivity index (χ0n) is 31.2. The van der Waals surface area contributed by atoms with Crippen molar-refractivity contribution in [3.8, 4) is 22.8 Å². The molecule has 0 atom stereocenters. The van der Waals surface area contributed by atoms with Crippen LogP contribution in [0.25, 0.3) is 22.8 Å². The third-order valence-corrected chi connectivity index (χ3v) is 20.7. The van der Waals surface area contributed by atoms with Gasteiger partial charge < -0.3 is 0 Å². The van der Waals surface area contributed by atoms with Crippen LogP contribution in [0.2, 0.25) is 5.28 Å². The van der Waals surface area contributed by atoms with Gasteiger partial charge in [0.15, 0.2) is 27.8 Å². The van der Waals surface area contributed by atoms with Crippen LogP contribution in [0, 0.1) is 0 Å². The maximum atomic E-state index is 6.84. The standard InChI is InChI=1S/C51H38ClN3Si2/c52-51-54-49(39-21-19-35-47(37-39)56(41-23-7-1-8-24-41,42-25-9-2-10-26-42)43-27-11-3-12-28-43)53-50(55-51)40-22-20-36-48(38-40)57(44-29-13-4-14-30-44,45-31-15-5-16-32-45)46-33-17-6-18-34-46/h1-38H. The molecule has 0 fully saturated rings. The smallest absolute Gasteiger partial charge is 0.208 e. The molecule has 0 unspecified atom stereocenters. The van der Waals surface area contributed by atoms with Gasteiger partial charge in [0.2, 0.25) is 5.28 Å². The first-order valence-electron chi connectivity index (χ1n) is 19.1. The topological polar surface area (TPSA) is 38.7 Å². The zero-order chi connectivity index (χ0) is 38.5. The molecule has 8 aromatic carbocycles. The van der Waals surface area contributed by atoms with Crippen LogP contribution >= 0.6 is 11.6 Å². The Morgan fingerprint density at radius 3 is 0.772 bits per heavy atom.